The number of hydrogen-bond acceptors (Lipinski definition) is 3. The Bertz CT molecular complexity index is 820. The van der Waals surface area contributed by atoms with Crippen LogP contribution in [-0.4, -0.2) is 19.5 Å². The maximum absolute atomic E-state index is 5.86. The van der Waals surface area contributed by atoms with Gasteiger partial charge in [0, 0.05) is 17.3 Å². The maximum Gasteiger partial charge on any atom is 0.107 e. The van der Waals surface area contributed by atoms with E-state index in [0.717, 1.165) is 33.5 Å². The Morgan fingerprint density at radius 2 is 1.95 bits per heavy atom. The van der Waals surface area contributed by atoms with Crippen molar-refractivity contribution in [2.24, 2.45) is 5.73 Å². The number of imidazole rings is 1. The number of nitrogens with zero attached hydrogens (tertiary/aromatic N) is 3. The van der Waals surface area contributed by atoms with Gasteiger partial charge in [-0.2, -0.15) is 0 Å². The van der Waals surface area contributed by atoms with E-state index in [2.05, 4.69) is 9.97 Å². The Labute approximate surface area is 122 Å². The highest BCUT2D eigenvalue weighted by Gasteiger charge is 2.15. The lowest BCUT2D eigenvalue weighted by Crippen LogP contribution is -2.14. The molecule has 3 aromatic rings. The van der Waals surface area contributed by atoms with Gasteiger partial charge in [-0.25, -0.2) is 4.98 Å². The summed E-state index contributed by atoms with van der Waals surface area (Å²) in [6, 6.07) is 7.94. The molecule has 0 amide bonds. The third-order valence-corrected chi connectivity index (χ3v) is 3.73. The van der Waals surface area contributed by atoms with E-state index in [9.17, 15) is 0 Å². The molecular weight excluding hydrogens is 268 g/mol. The number of thiocarbonyl (C=S) groups is 1. The summed E-state index contributed by atoms with van der Waals surface area (Å²) >= 11 is 5.17. The van der Waals surface area contributed by atoms with Crippen molar-refractivity contribution in [3.63, 3.8) is 0 Å². The van der Waals surface area contributed by atoms with Gasteiger partial charge in [-0.15, -0.1) is 0 Å². The lowest BCUT2D eigenvalue weighted by atomic mass is 10.1. The predicted molar refractivity (Wildman–Crippen MR) is 84.2 cm³/mol. The van der Waals surface area contributed by atoms with E-state index in [-0.39, 0.29) is 0 Å². The highest BCUT2D eigenvalue weighted by Crippen LogP contribution is 2.26. The van der Waals surface area contributed by atoms with Gasteiger partial charge in [-0.1, -0.05) is 30.4 Å². The first kappa shape index (κ1) is 12.7. The van der Waals surface area contributed by atoms with Gasteiger partial charge >= 0.3 is 0 Å². The van der Waals surface area contributed by atoms with Crippen molar-refractivity contribution in [3.8, 4) is 5.69 Å². The molecule has 0 aliphatic rings. The average Bonchev–Trinajstić information content (AvgIpc) is 2.77. The zero-order valence-corrected chi connectivity index (χ0v) is 12.1. The minimum absolute atomic E-state index is 0.337. The molecule has 2 aromatic heterocycles. The van der Waals surface area contributed by atoms with Crippen molar-refractivity contribution in [1.29, 1.82) is 0 Å². The topological polar surface area (TPSA) is 56.7 Å². The number of rotatable bonds is 2. The number of pyridine rings is 1. The van der Waals surface area contributed by atoms with Crippen molar-refractivity contribution in [2.75, 3.05) is 0 Å². The van der Waals surface area contributed by atoms with Gasteiger partial charge in [0.25, 0.3) is 0 Å². The summed E-state index contributed by atoms with van der Waals surface area (Å²) in [7, 11) is 0. The standard InChI is InChI=1S/C15H14N4S/c1-9-10(2)19(8-18-9)14-11-5-3-4-6-13(11)17-7-12(14)15(16)20/h3-8H,1-2H3,(H2,16,20). The van der Waals surface area contributed by atoms with Crippen LogP contribution in [0.5, 0.6) is 0 Å². The summed E-state index contributed by atoms with van der Waals surface area (Å²) in [5.74, 6) is 0. The summed E-state index contributed by atoms with van der Waals surface area (Å²) < 4.78 is 2.02. The first-order valence-electron chi connectivity index (χ1n) is 6.28. The lowest BCUT2D eigenvalue weighted by Gasteiger charge is -2.14. The fourth-order valence-corrected chi connectivity index (χ4v) is 2.44. The van der Waals surface area contributed by atoms with Crippen LogP contribution in [0.3, 0.4) is 0 Å². The quantitative estimate of drug-likeness (QED) is 0.734. The van der Waals surface area contributed by atoms with E-state index < -0.39 is 0 Å². The zero-order chi connectivity index (χ0) is 14.3. The highest BCUT2D eigenvalue weighted by atomic mass is 32.1. The molecule has 3 rings (SSSR count). The second-order valence-electron chi connectivity index (χ2n) is 4.69. The molecule has 0 saturated carbocycles. The second-order valence-corrected chi connectivity index (χ2v) is 5.13. The number of aromatic nitrogens is 3. The predicted octanol–water partition coefficient (Wildman–Crippen LogP) is 2.67. The first-order valence-corrected chi connectivity index (χ1v) is 6.69. The molecular formula is C15H14N4S. The van der Waals surface area contributed by atoms with Gasteiger partial charge in [-0.05, 0) is 19.9 Å². The van der Waals surface area contributed by atoms with E-state index in [0.29, 0.717) is 4.99 Å². The van der Waals surface area contributed by atoms with Gasteiger partial charge in [0.15, 0.2) is 0 Å². The molecule has 4 nitrogen and oxygen atoms in total. The van der Waals surface area contributed by atoms with E-state index in [4.69, 9.17) is 18.0 Å². The largest absolute Gasteiger partial charge is 0.389 e. The van der Waals surface area contributed by atoms with E-state index >= 15 is 0 Å². The molecule has 0 aliphatic carbocycles. The van der Waals surface area contributed by atoms with E-state index in [1.54, 1.807) is 12.5 Å². The average molecular weight is 282 g/mol. The fraction of sp³-hybridized carbons (Fsp3) is 0.133. The molecule has 2 N–H and O–H groups in total. The molecule has 0 radical (unpaired) electrons. The van der Waals surface area contributed by atoms with Crippen molar-refractivity contribution < 1.29 is 0 Å². The van der Waals surface area contributed by atoms with Crippen LogP contribution in [0, 0.1) is 13.8 Å². The summed E-state index contributed by atoms with van der Waals surface area (Å²) in [6.45, 7) is 4.01. The number of hydrogen-bond donors (Lipinski definition) is 1. The number of fused-ring (bicyclic) bond motifs is 1. The van der Waals surface area contributed by atoms with Crippen molar-refractivity contribution >= 4 is 28.1 Å². The third-order valence-electron chi connectivity index (χ3n) is 3.51. The Balaban J connectivity index is 2.45. The third kappa shape index (κ3) is 1.87. The smallest absolute Gasteiger partial charge is 0.107 e. The highest BCUT2D eigenvalue weighted by molar-refractivity contribution is 7.80. The monoisotopic (exact) mass is 282 g/mol. The fourth-order valence-electron chi connectivity index (χ4n) is 2.29. The van der Waals surface area contributed by atoms with E-state index in [1.165, 1.54) is 0 Å². The molecule has 1 aromatic carbocycles. The summed E-state index contributed by atoms with van der Waals surface area (Å²) in [5, 5.41) is 1.01. The minimum Gasteiger partial charge on any atom is -0.389 e. The summed E-state index contributed by atoms with van der Waals surface area (Å²) in [5.41, 5.74) is 10.5. The summed E-state index contributed by atoms with van der Waals surface area (Å²) in [4.78, 5) is 9.12. The van der Waals surface area contributed by atoms with Crippen LogP contribution in [0.1, 0.15) is 17.0 Å². The van der Waals surface area contributed by atoms with Crippen molar-refractivity contribution in [3.05, 3.63) is 53.7 Å². The Kier molecular flexibility index (Phi) is 2.99. The van der Waals surface area contributed by atoms with Crippen LogP contribution in [0.15, 0.2) is 36.8 Å². The molecule has 0 aliphatic heterocycles. The molecule has 0 fully saturated rings. The lowest BCUT2D eigenvalue weighted by molar-refractivity contribution is 1.00. The second kappa shape index (κ2) is 4.68. The van der Waals surface area contributed by atoms with Gasteiger partial charge < -0.3 is 10.3 Å². The Morgan fingerprint density at radius 1 is 1.20 bits per heavy atom. The van der Waals surface area contributed by atoms with Crippen LogP contribution in [0.2, 0.25) is 0 Å². The van der Waals surface area contributed by atoms with Crippen molar-refractivity contribution in [2.45, 2.75) is 13.8 Å². The molecule has 20 heavy (non-hydrogen) atoms. The van der Waals surface area contributed by atoms with Gasteiger partial charge in [0.1, 0.15) is 4.99 Å². The summed E-state index contributed by atoms with van der Waals surface area (Å²) in [6.07, 6.45) is 3.53. The Morgan fingerprint density at radius 3 is 2.60 bits per heavy atom. The van der Waals surface area contributed by atoms with Crippen molar-refractivity contribution in [1.82, 2.24) is 14.5 Å². The van der Waals surface area contributed by atoms with Gasteiger partial charge in [0.2, 0.25) is 0 Å². The van der Waals surface area contributed by atoms with E-state index in [1.807, 2.05) is 42.7 Å². The molecule has 2 heterocycles. The normalized spacial score (nSPS) is 10.9. The molecule has 0 bridgehead atoms. The molecule has 0 spiro atoms. The number of aryl methyl sites for hydroxylation is 1. The van der Waals surface area contributed by atoms with Gasteiger partial charge in [-0.3, -0.25) is 4.98 Å². The van der Waals surface area contributed by atoms with Crippen LogP contribution >= 0.6 is 12.2 Å². The van der Waals surface area contributed by atoms with Crippen LogP contribution in [0.4, 0.5) is 0 Å². The molecule has 0 saturated heterocycles. The van der Waals surface area contributed by atoms with Crippen LogP contribution < -0.4 is 5.73 Å². The maximum atomic E-state index is 5.86. The Hall–Kier alpha value is -2.27. The zero-order valence-electron chi connectivity index (χ0n) is 11.3. The van der Waals surface area contributed by atoms with Crippen LogP contribution in [0.25, 0.3) is 16.6 Å². The minimum atomic E-state index is 0.337. The SMILES string of the molecule is Cc1ncn(-c2c(C(N)=S)cnc3ccccc23)c1C. The first-order chi connectivity index (χ1) is 9.59. The molecule has 0 atom stereocenters. The van der Waals surface area contributed by atoms with Crippen LogP contribution in [-0.2, 0) is 0 Å². The number of benzene rings is 1. The number of para-hydroxylation sites is 1. The molecule has 100 valence electrons. The molecule has 0 unspecified atom stereocenters. The number of nitrogens with two attached hydrogens (primary N) is 1. The van der Waals surface area contributed by atoms with Gasteiger partial charge in [0.05, 0.1) is 28.8 Å². The molecule has 5 heteroatoms.